The van der Waals surface area contributed by atoms with Gasteiger partial charge in [-0.2, -0.15) is 0 Å². The number of carboxylic acid groups (broad SMARTS) is 6. The van der Waals surface area contributed by atoms with Crippen molar-refractivity contribution in [2.75, 3.05) is 0 Å². The number of aryl methyl sites for hydroxylation is 18. The Hall–Kier alpha value is -11.3. The van der Waals surface area contributed by atoms with E-state index in [9.17, 15) is 73.8 Å². The summed E-state index contributed by atoms with van der Waals surface area (Å²) in [5, 5.41) is 66.6. The molecule has 0 atom stereocenters. The summed E-state index contributed by atoms with van der Waals surface area (Å²) in [6.07, 6.45) is 4.86. The van der Waals surface area contributed by atoms with Gasteiger partial charge in [0.05, 0.1) is 33.6 Å². The average Bonchev–Trinajstić information content (AvgIpc) is 1.61. The van der Waals surface area contributed by atoms with Gasteiger partial charge in [-0.1, -0.05) is 41.5 Å². The molecule has 27 nitrogen and oxygen atoms in total. The number of allylic oxidation sites excluding steroid dienone is 6. The number of hydrogen-bond donors (Lipinski definition) is 10. The Balaban J connectivity index is 0.000000203. The maximum Gasteiger partial charge on any atom is 3.00 e. The van der Waals surface area contributed by atoms with Gasteiger partial charge in [-0.05, 0) is 380 Å². The maximum atomic E-state index is 14.0. The molecule has 12 aromatic heterocycles. The third kappa shape index (κ3) is 20.6. The topological polar surface area (TPSA) is 470 Å². The van der Waals surface area contributed by atoms with Crippen molar-refractivity contribution in [1.29, 1.82) is 0 Å². The molecule has 0 radical (unpaired) electrons. The zero-order valence-corrected chi connectivity index (χ0v) is 85.4. The quantitative estimate of drug-likeness (QED) is 0.0267. The van der Waals surface area contributed by atoms with Crippen molar-refractivity contribution in [3.05, 3.63) is 220 Å². The van der Waals surface area contributed by atoms with Crippen LogP contribution in [0.1, 0.15) is 254 Å². The summed E-state index contributed by atoms with van der Waals surface area (Å²) in [4.78, 5) is 156. The largest absolute Gasteiger partial charge is 3.00 e. The zero-order chi connectivity index (χ0) is 93.5. The van der Waals surface area contributed by atoms with E-state index in [1.807, 2.05) is 172 Å². The van der Waals surface area contributed by atoms with Gasteiger partial charge in [0.15, 0.2) is 0 Å². The van der Waals surface area contributed by atoms with Crippen LogP contribution in [-0.2, 0) is 86.6 Å². The first kappa shape index (κ1) is 103. The molecule has 0 aliphatic carbocycles. The van der Waals surface area contributed by atoms with E-state index in [0.29, 0.717) is 107 Å². The first-order valence-corrected chi connectivity index (χ1v) is 44.2. The fourth-order valence-corrected chi connectivity index (χ4v) is 19.1. The second-order valence-electron chi connectivity index (χ2n) is 33.9. The van der Waals surface area contributed by atoms with Crippen LogP contribution in [0.2, 0.25) is 0 Å². The molecule has 0 amide bonds. The summed E-state index contributed by atoms with van der Waals surface area (Å²) >= 11 is 0. The molecule has 0 fully saturated rings. The minimum atomic E-state index is -1.14. The number of H-pyrrole nitrogens is 9. The number of aromatic nitrogens is 12. The number of fused-ring (bicyclic) bond motifs is 24. The van der Waals surface area contributed by atoms with E-state index in [2.05, 4.69) is 51.8 Å². The SMILES string of the molecule is CCC1=C(C)c2cc3[nH]c(cc4[nH]c(cc5[nH]c(c(C)c5CC)c(=O)c1n2)c(C)c4CCC(=O)O)c(CCC(=O)[O-])c3C.CCC1=C(C)c2cc3[nH]c(cc4[nH]c(cc5[nH]c(c(C)c5CC)c(=O)c1n2)c(C)c4CCC(=O)[O-])c(CCC(=O)[O-])c3C.CCC1=C(C)c2cc3[nH]c(cc4[nH]c(cc5[nH]c(c(C)c5CC)c(=O)c1n2)c(C)c4CCC(=O)[O-])c(CCC(=O)[O-])c3C.[Ga+3].[Na+].[Na+]. The smallest absolute Gasteiger partial charge is 0.550 e. The van der Waals surface area contributed by atoms with Crippen LogP contribution in [-0.4, -0.2) is 121 Å². The van der Waals surface area contributed by atoms with Crippen molar-refractivity contribution in [3.63, 3.8) is 0 Å². The summed E-state index contributed by atoms with van der Waals surface area (Å²) in [6.45, 7) is 35.6. The van der Waals surface area contributed by atoms with Gasteiger partial charge < -0.3 is 99.5 Å². The zero-order valence-electron chi connectivity index (χ0n) is 79.0. The van der Waals surface area contributed by atoms with Gasteiger partial charge in [-0.3, -0.25) is 19.2 Å². The van der Waals surface area contributed by atoms with Crippen LogP contribution < -0.4 is 101 Å². The Kier molecular flexibility index (Phi) is 33.2. The number of carboxylic acids is 6. The van der Waals surface area contributed by atoms with Crippen LogP contribution in [0.4, 0.5) is 0 Å². The number of hydrogen-bond acceptors (Lipinski definition) is 17. The monoisotopic (exact) mass is 1860 g/mol. The molecule has 132 heavy (non-hydrogen) atoms. The van der Waals surface area contributed by atoms with E-state index in [1.165, 1.54) is 0 Å². The van der Waals surface area contributed by atoms with E-state index < -0.39 is 35.8 Å². The summed E-state index contributed by atoms with van der Waals surface area (Å²) < 4.78 is 0. The molecule has 0 aromatic carbocycles. The molecule has 12 aromatic rings. The average molecular weight is 1860 g/mol. The molecule has 3 aliphatic heterocycles. The predicted octanol–water partition coefficient (Wildman–Crippen LogP) is 7.20. The van der Waals surface area contributed by atoms with Crippen LogP contribution in [0.5, 0.6) is 0 Å². The van der Waals surface area contributed by atoms with Gasteiger partial charge in [0.25, 0.3) is 0 Å². The molecule has 10 N–H and O–H groups in total. The van der Waals surface area contributed by atoms with Crippen LogP contribution in [0, 0.1) is 62.3 Å². The van der Waals surface area contributed by atoms with Gasteiger partial charge >= 0.3 is 84.9 Å². The minimum absolute atomic E-state index is 0. The molecule has 24 bridgehead atoms. The number of aliphatic carboxylic acids is 6. The number of rotatable bonds is 24. The molecule has 15 rings (SSSR count). The van der Waals surface area contributed by atoms with Crippen molar-refractivity contribution in [1.82, 2.24) is 59.8 Å². The fraction of sp³-hybridized carbons (Fsp3) is 0.353. The standard InChI is InChI=1S/3C34H38N4O5.Ga.2Na/c3*1-7-20-19(6)32-34(43)33-21(8-2)16(3)26(37-33)13-24-17(4)22(9-11-30(39)40)28(35-24)15-29-23(10-12-31(41)42)18(5)25(36-29)14-27(20)38-32;;;/h3*13-15,35-36,38H,7-12H2,1-6H3,(H,39,40)(H,41,42);;;/q;;;+3;2*+1/p-5. The fourth-order valence-electron chi connectivity index (χ4n) is 19.1. The van der Waals surface area contributed by atoms with Crippen molar-refractivity contribution >= 4 is 188 Å². The van der Waals surface area contributed by atoms with Crippen molar-refractivity contribution in [2.24, 2.45) is 0 Å². The Labute approximate surface area is 819 Å². The van der Waals surface area contributed by atoms with Crippen LogP contribution in [0.15, 0.2) is 69.0 Å². The molecular formula is C102H109GaN12Na2O15. The van der Waals surface area contributed by atoms with Gasteiger partial charge in [0.1, 0.15) is 17.1 Å². The third-order valence-corrected chi connectivity index (χ3v) is 26.5. The molecular weight excluding hydrogens is 1750 g/mol. The van der Waals surface area contributed by atoms with E-state index in [0.717, 1.165) is 205 Å². The van der Waals surface area contributed by atoms with Crippen molar-refractivity contribution in [2.45, 2.75) is 240 Å². The third-order valence-electron chi connectivity index (χ3n) is 26.5. The molecule has 0 saturated carbocycles. The minimum Gasteiger partial charge on any atom is -0.550 e. The molecule has 0 saturated heterocycles. The molecule has 3 aliphatic rings. The Bertz CT molecular complexity index is 6780. The number of nitrogens with zero attached hydrogens (tertiary/aromatic N) is 3. The summed E-state index contributed by atoms with van der Waals surface area (Å²) in [5.41, 5.74) is 37.2. The maximum absolute atomic E-state index is 14.0. The Morgan fingerprint density at radius 1 is 0.265 bits per heavy atom. The van der Waals surface area contributed by atoms with Crippen LogP contribution in [0.25, 0.3) is 133 Å². The predicted molar refractivity (Wildman–Crippen MR) is 505 cm³/mol. The van der Waals surface area contributed by atoms with Gasteiger partial charge in [0.2, 0.25) is 16.3 Å². The summed E-state index contributed by atoms with van der Waals surface area (Å²) in [7, 11) is 0. The van der Waals surface area contributed by atoms with Gasteiger partial charge in [-0.25, -0.2) is 15.0 Å². The van der Waals surface area contributed by atoms with E-state index in [1.54, 1.807) is 0 Å². The van der Waals surface area contributed by atoms with E-state index in [-0.39, 0.29) is 166 Å². The number of nitrogens with one attached hydrogen (secondary N) is 9. The Morgan fingerprint density at radius 2 is 0.447 bits per heavy atom. The molecule has 30 heteroatoms. The van der Waals surface area contributed by atoms with E-state index in [4.69, 9.17) is 15.0 Å². The Morgan fingerprint density at radius 3 is 0.629 bits per heavy atom. The second kappa shape index (κ2) is 42.7. The van der Waals surface area contributed by atoms with Crippen molar-refractivity contribution in [3.8, 4) is 0 Å². The number of aromatic amines is 9. The normalized spacial score (nSPS) is 12.1. The summed E-state index contributed by atoms with van der Waals surface area (Å²) in [6, 6.07) is 17.4. The van der Waals surface area contributed by atoms with Crippen LogP contribution >= 0.6 is 0 Å². The van der Waals surface area contributed by atoms with E-state index >= 15 is 0 Å². The molecule has 672 valence electrons. The van der Waals surface area contributed by atoms with Crippen LogP contribution in [0.3, 0.4) is 0 Å². The molecule has 0 unspecified atom stereocenters. The van der Waals surface area contributed by atoms with Crippen molar-refractivity contribution < 1.29 is 119 Å². The molecule has 15 heterocycles. The van der Waals surface area contributed by atoms with Gasteiger partial charge in [0, 0.05) is 119 Å². The first-order chi connectivity index (χ1) is 61.3. The number of carbonyl (C=O) groups excluding carboxylic acids is 5. The molecule has 0 spiro atoms. The first-order valence-electron chi connectivity index (χ1n) is 44.2. The number of carbonyl (C=O) groups is 6. The van der Waals surface area contributed by atoms with Gasteiger partial charge in [-0.15, -0.1) is 0 Å². The summed E-state index contributed by atoms with van der Waals surface area (Å²) in [5.74, 6) is -6.60. The second-order valence-corrected chi connectivity index (χ2v) is 33.9.